The van der Waals surface area contributed by atoms with Gasteiger partial charge in [0.2, 0.25) is 5.91 Å². The van der Waals surface area contributed by atoms with Gasteiger partial charge in [0.25, 0.3) is 5.91 Å². The zero-order chi connectivity index (χ0) is 17.9. The maximum absolute atomic E-state index is 12.6. The van der Waals surface area contributed by atoms with E-state index in [9.17, 15) is 9.59 Å². The Morgan fingerprint density at radius 1 is 1.12 bits per heavy atom. The van der Waals surface area contributed by atoms with Gasteiger partial charge in [-0.15, -0.1) is 0 Å². The predicted molar refractivity (Wildman–Crippen MR) is 95.5 cm³/mol. The molecule has 1 aromatic heterocycles. The van der Waals surface area contributed by atoms with E-state index in [1.807, 2.05) is 18.2 Å². The summed E-state index contributed by atoms with van der Waals surface area (Å²) in [7, 11) is 0. The molecule has 1 saturated carbocycles. The summed E-state index contributed by atoms with van der Waals surface area (Å²) in [6, 6.07) is 10.4. The summed E-state index contributed by atoms with van der Waals surface area (Å²) in [5.74, 6) is -0.167. The lowest BCUT2D eigenvalue weighted by atomic mass is 10.2. The molecule has 7 heteroatoms. The fourth-order valence-electron chi connectivity index (χ4n) is 3.10. The van der Waals surface area contributed by atoms with E-state index >= 15 is 0 Å². The van der Waals surface area contributed by atoms with Crippen LogP contribution >= 0.6 is 0 Å². The topological polar surface area (TPSA) is 78.7 Å². The normalized spacial score (nSPS) is 17.9. The predicted octanol–water partition coefficient (Wildman–Crippen LogP) is 1.98. The second-order valence-electron chi connectivity index (χ2n) is 6.86. The number of benzene rings is 1. The molecule has 2 aromatic rings. The smallest absolute Gasteiger partial charge is 0.302 e. The van der Waals surface area contributed by atoms with Gasteiger partial charge >= 0.3 is 6.01 Å². The highest BCUT2D eigenvalue weighted by Gasteiger charge is 2.31. The number of nitrogens with zero attached hydrogens (tertiary/aromatic N) is 3. The Hall–Kier alpha value is -2.67. The van der Waals surface area contributed by atoms with Gasteiger partial charge in [0, 0.05) is 38.6 Å². The van der Waals surface area contributed by atoms with Crippen molar-refractivity contribution in [2.45, 2.75) is 19.4 Å². The lowest BCUT2D eigenvalue weighted by Gasteiger charge is -2.34. The van der Waals surface area contributed by atoms with E-state index < -0.39 is 0 Å². The SMILES string of the molecule is O=C(Nc1nc(C(=O)N2CCN(Cc3ccccc3)CC2)co1)C1CC1. The molecule has 26 heavy (non-hydrogen) atoms. The number of anilines is 1. The third kappa shape index (κ3) is 3.94. The van der Waals surface area contributed by atoms with Crippen LogP contribution in [0.3, 0.4) is 0 Å². The van der Waals surface area contributed by atoms with Crippen LogP contribution in [0.5, 0.6) is 0 Å². The molecule has 0 bridgehead atoms. The van der Waals surface area contributed by atoms with Crippen LogP contribution in [0.4, 0.5) is 6.01 Å². The Morgan fingerprint density at radius 3 is 2.54 bits per heavy atom. The van der Waals surface area contributed by atoms with Crippen LogP contribution in [0.1, 0.15) is 28.9 Å². The van der Waals surface area contributed by atoms with E-state index in [4.69, 9.17) is 4.42 Å². The lowest BCUT2D eigenvalue weighted by Crippen LogP contribution is -2.48. The molecule has 0 atom stereocenters. The van der Waals surface area contributed by atoms with E-state index in [-0.39, 0.29) is 29.4 Å². The van der Waals surface area contributed by atoms with Crippen molar-refractivity contribution in [3.63, 3.8) is 0 Å². The number of aromatic nitrogens is 1. The van der Waals surface area contributed by atoms with Crippen molar-refractivity contribution in [2.75, 3.05) is 31.5 Å². The highest BCUT2D eigenvalue weighted by molar-refractivity contribution is 5.94. The molecule has 1 aliphatic carbocycles. The molecule has 0 radical (unpaired) electrons. The van der Waals surface area contributed by atoms with E-state index in [1.54, 1.807) is 4.90 Å². The van der Waals surface area contributed by atoms with Gasteiger partial charge in [-0.1, -0.05) is 30.3 Å². The van der Waals surface area contributed by atoms with Gasteiger partial charge in [-0.25, -0.2) is 0 Å². The third-order valence-electron chi connectivity index (χ3n) is 4.81. The third-order valence-corrected chi connectivity index (χ3v) is 4.81. The van der Waals surface area contributed by atoms with E-state index in [2.05, 4.69) is 27.3 Å². The standard InChI is InChI=1S/C19H22N4O3/c24-17(15-6-7-15)21-19-20-16(13-26-19)18(25)23-10-8-22(9-11-23)12-14-4-2-1-3-5-14/h1-5,13,15H,6-12H2,(H,20,21,24). The van der Waals surface area contributed by atoms with Crippen LogP contribution in [0.25, 0.3) is 0 Å². The van der Waals surface area contributed by atoms with Gasteiger partial charge in [0.1, 0.15) is 6.26 Å². The summed E-state index contributed by atoms with van der Waals surface area (Å²) in [4.78, 5) is 32.6. The quantitative estimate of drug-likeness (QED) is 0.888. The molecular weight excluding hydrogens is 332 g/mol. The molecule has 1 aliphatic heterocycles. The molecule has 2 heterocycles. The largest absolute Gasteiger partial charge is 0.431 e. The van der Waals surface area contributed by atoms with Gasteiger partial charge in [-0.05, 0) is 18.4 Å². The molecule has 1 aromatic carbocycles. The van der Waals surface area contributed by atoms with Crippen molar-refractivity contribution in [3.8, 4) is 0 Å². The number of oxazole rings is 1. The van der Waals surface area contributed by atoms with Crippen molar-refractivity contribution < 1.29 is 14.0 Å². The highest BCUT2D eigenvalue weighted by Crippen LogP contribution is 2.30. The first kappa shape index (κ1) is 16.8. The molecule has 2 aliphatic rings. The number of nitrogens with one attached hydrogen (secondary N) is 1. The first-order chi connectivity index (χ1) is 12.7. The second-order valence-corrected chi connectivity index (χ2v) is 6.86. The highest BCUT2D eigenvalue weighted by atomic mass is 16.4. The Balaban J connectivity index is 1.29. The van der Waals surface area contributed by atoms with Crippen LogP contribution in [0.2, 0.25) is 0 Å². The monoisotopic (exact) mass is 354 g/mol. The van der Waals surface area contributed by atoms with Crippen molar-refractivity contribution in [1.82, 2.24) is 14.8 Å². The Morgan fingerprint density at radius 2 is 1.85 bits per heavy atom. The summed E-state index contributed by atoms with van der Waals surface area (Å²) in [5, 5.41) is 2.62. The molecular formula is C19H22N4O3. The number of rotatable bonds is 5. The molecule has 7 nitrogen and oxygen atoms in total. The van der Waals surface area contributed by atoms with E-state index in [0.29, 0.717) is 13.1 Å². The van der Waals surface area contributed by atoms with Crippen LogP contribution < -0.4 is 5.32 Å². The maximum atomic E-state index is 12.6. The van der Waals surface area contributed by atoms with E-state index in [0.717, 1.165) is 32.5 Å². The lowest BCUT2D eigenvalue weighted by molar-refractivity contribution is -0.117. The summed E-state index contributed by atoms with van der Waals surface area (Å²) in [6.45, 7) is 3.85. The van der Waals surface area contributed by atoms with Crippen LogP contribution in [0, 0.1) is 5.92 Å². The minimum Gasteiger partial charge on any atom is -0.431 e. The molecule has 136 valence electrons. The Labute approximate surface area is 152 Å². The average Bonchev–Trinajstić information content (AvgIpc) is 3.42. The van der Waals surface area contributed by atoms with Crippen LogP contribution in [-0.4, -0.2) is 52.8 Å². The first-order valence-corrected chi connectivity index (χ1v) is 9.01. The zero-order valence-corrected chi connectivity index (χ0v) is 14.6. The second kappa shape index (κ2) is 7.29. The van der Waals surface area contributed by atoms with Crippen molar-refractivity contribution in [3.05, 3.63) is 47.9 Å². The number of carbonyl (C=O) groups excluding carboxylic acids is 2. The van der Waals surface area contributed by atoms with Crippen LogP contribution in [0.15, 0.2) is 41.0 Å². The maximum Gasteiger partial charge on any atom is 0.302 e. The zero-order valence-electron chi connectivity index (χ0n) is 14.6. The van der Waals surface area contributed by atoms with Gasteiger partial charge in [0.15, 0.2) is 5.69 Å². The fraction of sp³-hybridized carbons (Fsp3) is 0.421. The molecule has 2 fully saturated rings. The van der Waals surface area contributed by atoms with Gasteiger partial charge in [-0.3, -0.25) is 19.8 Å². The number of amides is 2. The molecule has 0 unspecified atom stereocenters. The van der Waals surface area contributed by atoms with Crippen molar-refractivity contribution in [2.24, 2.45) is 5.92 Å². The average molecular weight is 354 g/mol. The van der Waals surface area contributed by atoms with Gasteiger partial charge < -0.3 is 9.32 Å². The number of piperazine rings is 1. The van der Waals surface area contributed by atoms with Crippen molar-refractivity contribution in [1.29, 1.82) is 0 Å². The van der Waals surface area contributed by atoms with Crippen molar-refractivity contribution >= 4 is 17.8 Å². The summed E-state index contributed by atoms with van der Waals surface area (Å²) < 4.78 is 5.22. The number of hydrogen-bond donors (Lipinski definition) is 1. The minimum absolute atomic E-state index is 0.0683. The minimum atomic E-state index is -0.153. The van der Waals surface area contributed by atoms with Gasteiger partial charge in [-0.2, -0.15) is 4.98 Å². The van der Waals surface area contributed by atoms with E-state index in [1.165, 1.54) is 11.8 Å². The summed E-state index contributed by atoms with van der Waals surface area (Å²) in [5.41, 5.74) is 1.52. The number of carbonyl (C=O) groups is 2. The molecule has 4 rings (SSSR count). The molecule has 1 N–H and O–H groups in total. The molecule has 1 saturated heterocycles. The summed E-state index contributed by atoms with van der Waals surface area (Å²) in [6.07, 6.45) is 3.14. The Bertz CT molecular complexity index is 777. The molecule has 0 spiro atoms. The molecule has 2 amide bonds. The summed E-state index contributed by atoms with van der Waals surface area (Å²) >= 11 is 0. The van der Waals surface area contributed by atoms with Gasteiger partial charge in [0.05, 0.1) is 0 Å². The fourth-order valence-corrected chi connectivity index (χ4v) is 3.10. The Kier molecular flexibility index (Phi) is 4.71. The van der Waals surface area contributed by atoms with Crippen LogP contribution in [-0.2, 0) is 11.3 Å². The number of hydrogen-bond acceptors (Lipinski definition) is 5. The first-order valence-electron chi connectivity index (χ1n) is 9.01.